The van der Waals surface area contributed by atoms with Crippen LogP contribution in [0.25, 0.3) is 0 Å². The number of piperazine rings is 1. The predicted molar refractivity (Wildman–Crippen MR) is 60.1 cm³/mol. The van der Waals surface area contributed by atoms with E-state index in [1.165, 1.54) is 12.2 Å². The highest BCUT2D eigenvalue weighted by molar-refractivity contribution is 5.88. The van der Waals surface area contributed by atoms with Crippen molar-refractivity contribution < 1.29 is 14.7 Å². The highest BCUT2D eigenvalue weighted by atomic mass is 16.4. The van der Waals surface area contributed by atoms with Crippen LogP contribution in [0.5, 0.6) is 0 Å². The fraction of sp³-hybridized carbons (Fsp3) is 0.636. The lowest BCUT2D eigenvalue weighted by Crippen LogP contribution is -2.48. The summed E-state index contributed by atoms with van der Waals surface area (Å²) in [6.45, 7) is 6.36. The van der Waals surface area contributed by atoms with E-state index < -0.39 is 5.97 Å². The van der Waals surface area contributed by atoms with Gasteiger partial charge >= 0.3 is 5.97 Å². The van der Waals surface area contributed by atoms with Crippen molar-refractivity contribution in [3.63, 3.8) is 0 Å². The number of carboxylic acid groups (broad SMARTS) is 1. The summed E-state index contributed by atoms with van der Waals surface area (Å²) in [5, 5.41) is 8.42. The molecule has 0 aromatic rings. The Labute approximate surface area is 95.3 Å². The summed E-state index contributed by atoms with van der Waals surface area (Å²) < 4.78 is 0. The third-order valence-corrected chi connectivity index (χ3v) is 2.68. The third-order valence-electron chi connectivity index (χ3n) is 2.68. The van der Waals surface area contributed by atoms with Crippen molar-refractivity contribution >= 4 is 11.9 Å². The molecule has 1 N–H and O–H groups in total. The van der Waals surface area contributed by atoms with Gasteiger partial charge in [-0.1, -0.05) is 13.0 Å². The van der Waals surface area contributed by atoms with Gasteiger partial charge in [0, 0.05) is 26.2 Å². The minimum absolute atomic E-state index is 0.0861. The molecular weight excluding hydrogens is 208 g/mol. The van der Waals surface area contributed by atoms with E-state index in [0.29, 0.717) is 0 Å². The van der Waals surface area contributed by atoms with Crippen LogP contribution in [0.15, 0.2) is 12.2 Å². The standard InChI is InChI=1S/C11H18N2O3/c1-2-12-6-8-13(9-7-12)10(14)4-3-5-11(15)16/h3-4H,2,5-9H2,1H3,(H,15,16)/b4-3+. The maximum atomic E-state index is 11.6. The Kier molecular flexibility index (Phi) is 4.98. The summed E-state index contributed by atoms with van der Waals surface area (Å²) >= 11 is 0. The number of nitrogens with zero attached hydrogens (tertiary/aromatic N) is 2. The number of hydrogen-bond donors (Lipinski definition) is 1. The second-order valence-electron chi connectivity index (χ2n) is 3.76. The lowest BCUT2D eigenvalue weighted by Gasteiger charge is -2.33. The molecule has 90 valence electrons. The monoisotopic (exact) mass is 226 g/mol. The highest BCUT2D eigenvalue weighted by Gasteiger charge is 2.17. The van der Waals surface area contributed by atoms with Crippen LogP contribution < -0.4 is 0 Å². The Morgan fingerprint density at radius 3 is 2.38 bits per heavy atom. The van der Waals surface area contributed by atoms with E-state index >= 15 is 0 Å². The molecule has 5 nitrogen and oxygen atoms in total. The number of hydrogen-bond acceptors (Lipinski definition) is 3. The van der Waals surface area contributed by atoms with E-state index in [2.05, 4.69) is 11.8 Å². The molecule has 1 aliphatic heterocycles. The van der Waals surface area contributed by atoms with Gasteiger partial charge in [0.25, 0.3) is 0 Å². The smallest absolute Gasteiger partial charge is 0.307 e. The molecule has 1 fully saturated rings. The van der Waals surface area contributed by atoms with Gasteiger partial charge in [-0.2, -0.15) is 0 Å². The first-order chi connectivity index (χ1) is 7.63. The van der Waals surface area contributed by atoms with Gasteiger partial charge in [-0.25, -0.2) is 0 Å². The van der Waals surface area contributed by atoms with Crippen molar-refractivity contribution in [3.05, 3.63) is 12.2 Å². The SMILES string of the molecule is CCN1CCN(C(=O)/C=C/CC(=O)O)CC1. The van der Waals surface area contributed by atoms with Crippen molar-refractivity contribution in [2.24, 2.45) is 0 Å². The first-order valence-corrected chi connectivity index (χ1v) is 5.53. The Bertz CT molecular complexity index is 281. The highest BCUT2D eigenvalue weighted by Crippen LogP contribution is 2.02. The lowest BCUT2D eigenvalue weighted by atomic mass is 10.3. The van der Waals surface area contributed by atoms with Crippen LogP contribution in [0.1, 0.15) is 13.3 Å². The Hall–Kier alpha value is -1.36. The van der Waals surface area contributed by atoms with E-state index in [1.807, 2.05) is 0 Å². The fourth-order valence-corrected chi connectivity index (χ4v) is 1.65. The number of carbonyl (C=O) groups is 2. The minimum Gasteiger partial charge on any atom is -0.481 e. The molecule has 1 amide bonds. The van der Waals surface area contributed by atoms with Gasteiger partial charge in [0.1, 0.15) is 0 Å². The molecule has 0 unspecified atom stereocenters. The average molecular weight is 226 g/mol. The summed E-state index contributed by atoms with van der Waals surface area (Å²) in [6.07, 6.45) is 2.66. The summed E-state index contributed by atoms with van der Waals surface area (Å²) in [5.74, 6) is -1.00. The van der Waals surface area contributed by atoms with Crippen molar-refractivity contribution in [2.75, 3.05) is 32.7 Å². The lowest BCUT2D eigenvalue weighted by molar-refractivity contribution is -0.136. The summed E-state index contributed by atoms with van der Waals surface area (Å²) in [7, 11) is 0. The van der Waals surface area contributed by atoms with Gasteiger partial charge < -0.3 is 14.9 Å². The Balaban J connectivity index is 2.33. The molecule has 0 aliphatic carbocycles. The van der Waals surface area contributed by atoms with Crippen molar-refractivity contribution in [1.29, 1.82) is 0 Å². The van der Waals surface area contributed by atoms with E-state index in [0.717, 1.165) is 32.7 Å². The molecule has 5 heteroatoms. The molecule has 0 atom stereocenters. The molecule has 0 radical (unpaired) electrons. The van der Waals surface area contributed by atoms with Crippen molar-refractivity contribution in [3.8, 4) is 0 Å². The number of carboxylic acids is 1. The normalized spacial score (nSPS) is 17.9. The summed E-state index contributed by atoms with van der Waals surface area (Å²) in [6, 6.07) is 0. The van der Waals surface area contributed by atoms with Crippen LogP contribution in [-0.2, 0) is 9.59 Å². The predicted octanol–water partition coefficient (Wildman–Crippen LogP) is 0.181. The van der Waals surface area contributed by atoms with Crippen LogP contribution >= 0.6 is 0 Å². The maximum Gasteiger partial charge on any atom is 0.307 e. The molecule has 1 heterocycles. The Morgan fingerprint density at radius 1 is 1.25 bits per heavy atom. The zero-order valence-corrected chi connectivity index (χ0v) is 9.56. The molecular formula is C11H18N2O3. The number of rotatable bonds is 4. The van der Waals surface area contributed by atoms with Crippen LogP contribution in [0.3, 0.4) is 0 Å². The van der Waals surface area contributed by atoms with Crippen LogP contribution in [0, 0.1) is 0 Å². The molecule has 1 aliphatic rings. The van der Waals surface area contributed by atoms with Crippen molar-refractivity contribution in [1.82, 2.24) is 9.80 Å². The van der Waals surface area contributed by atoms with Gasteiger partial charge in [0.05, 0.1) is 6.42 Å². The molecule has 0 spiro atoms. The van der Waals surface area contributed by atoms with Crippen LogP contribution in [0.4, 0.5) is 0 Å². The topological polar surface area (TPSA) is 60.9 Å². The molecule has 1 rings (SSSR count). The first-order valence-electron chi connectivity index (χ1n) is 5.53. The van der Waals surface area contributed by atoms with Gasteiger partial charge in [0.2, 0.25) is 5.91 Å². The molecule has 0 bridgehead atoms. The van der Waals surface area contributed by atoms with E-state index in [-0.39, 0.29) is 12.3 Å². The van der Waals surface area contributed by atoms with Crippen LogP contribution in [0.2, 0.25) is 0 Å². The molecule has 0 saturated carbocycles. The van der Waals surface area contributed by atoms with Gasteiger partial charge in [-0.3, -0.25) is 9.59 Å². The van der Waals surface area contributed by atoms with E-state index in [4.69, 9.17) is 5.11 Å². The number of amides is 1. The first kappa shape index (κ1) is 12.7. The van der Waals surface area contributed by atoms with E-state index in [9.17, 15) is 9.59 Å². The molecule has 1 saturated heterocycles. The van der Waals surface area contributed by atoms with Crippen molar-refractivity contribution in [2.45, 2.75) is 13.3 Å². The molecule has 0 aromatic carbocycles. The summed E-state index contributed by atoms with van der Waals surface area (Å²) in [4.78, 5) is 25.9. The zero-order valence-electron chi connectivity index (χ0n) is 9.56. The quantitative estimate of drug-likeness (QED) is 0.695. The minimum atomic E-state index is -0.917. The average Bonchev–Trinajstić information content (AvgIpc) is 2.28. The molecule has 0 aromatic heterocycles. The van der Waals surface area contributed by atoms with Gasteiger partial charge in [-0.05, 0) is 12.6 Å². The molecule has 16 heavy (non-hydrogen) atoms. The number of likely N-dealkylation sites (N-methyl/N-ethyl adjacent to an activating group) is 1. The Morgan fingerprint density at radius 2 is 1.88 bits per heavy atom. The zero-order chi connectivity index (χ0) is 12.0. The maximum absolute atomic E-state index is 11.6. The second-order valence-corrected chi connectivity index (χ2v) is 3.76. The van der Waals surface area contributed by atoms with Gasteiger partial charge in [-0.15, -0.1) is 0 Å². The number of carbonyl (C=O) groups excluding carboxylic acids is 1. The number of aliphatic carboxylic acids is 1. The largest absolute Gasteiger partial charge is 0.481 e. The second kappa shape index (κ2) is 6.27. The van der Waals surface area contributed by atoms with E-state index in [1.54, 1.807) is 4.90 Å². The summed E-state index contributed by atoms with van der Waals surface area (Å²) in [5.41, 5.74) is 0. The third kappa shape index (κ3) is 4.02. The fourth-order valence-electron chi connectivity index (χ4n) is 1.65. The van der Waals surface area contributed by atoms with Crippen LogP contribution in [-0.4, -0.2) is 59.5 Å². The van der Waals surface area contributed by atoms with Gasteiger partial charge in [0.15, 0.2) is 0 Å².